The minimum atomic E-state index is 0.277. The molecule has 0 aliphatic carbocycles. The molecule has 6 nitrogen and oxygen atoms in total. The second-order valence-corrected chi connectivity index (χ2v) is 6.18. The molecule has 6 heteroatoms. The number of H-pyrrole nitrogens is 1. The van der Waals surface area contributed by atoms with Crippen LogP contribution in [0.4, 0.5) is 0 Å². The maximum atomic E-state index is 5.30. The molecule has 1 unspecified atom stereocenters. The quantitative estimate of drug-likeness (QED) is 0.937. The van der Waals surface area contributed by atoms with Crippen LogP contribution in [0.15, 0.2) is 4.52 Å². The van der Waals surface area contributed by atoms with Crippen molar-refractivity contribution in [2.24, 2.45) is 0 Å². The van der Waals surface area contributed by atoms with Crippen LogP contribution < -0.4 is 0 Å². The van der Waals surface area contributed by atoms with Gasteiger partial charge in [0, 0.05) is 23.2 Å². The number of nitrogens with zero attached hydrogens (tertiary/aromatic N) is 4. The van der Waals surface area contributed by atoms with E-state index >= 15 is 0 Å². The Balaban J connectivity index is 1.78. The first kappa shape index (κ1) is 14.3. The number of rotatable bonds is 4. The monoisotopic (exact) mass is 289 g/mol. The molecule has 0 saturated carbocycles. The lowest BCUT2D eigenvalue weighted by molar-refractivity contribution is 0.236. The van der Waals surface area contributed by atoms with E-state index in [9.17, 15) is 0 Å². The zero-order valence-electron chi connectivity index (χ0n) is 13.2. The molecule has 0 amide bonds. The van der Waals surface area contributed by atoms with Gasteiger partial charge in [-0.3, -0.25) is 10.00 Å². The summed E-state index contributed by atoms with van der Waals surface area (Å²) in [6.45, 7) is 10.1. The standard InChI is InChI=1S/C15H23N5O/c1-9(2)15-16-13(19-21-15)8-20-7-5-6-12(20)14-10(3)17-18-11(14)4/h9,12H,5-8H2,1-4H3,(H,17,18). The molecule has 1 atom stereocenters. The Morgan fingerprint density at radius 3 is 2.81 bits per heavy atom. The van der Waals surface area contributed by atoms with Crippen LogP contribution in [-0.4, -0.2) is 31.8 Å². The van der Waals surface area contributed by atoms with Gasteiger partial charge in [0.05, 0.1) is 12.2 Å². The smallest absolute Gasteiger partial charge is 0.229 e. The van der Waals surface area contributed by atoms with E-state index in [1.165, 1.54) is 17.7 Å². The summed E-state index contributed by atoms with van der Waals surface area (Å²) in [5.74, 6) is 1.78. The van der Waals surface area contributed by atoms with E-state index in [0.717, 1.165) is 36.9 Å². The van der Waals surface area contributed by atoms with E-state index < -0.39 is 0 Å². The van der Waals surface area contributed by atoms with Crippen LogP contribution >= 0.6 is 0 Å². The van der Waals surface area contributed by atoms with Gasteiger partial charge in [-0.15, -0.1) is 0 Å². The number of nitrogens with one attached hydrogen (secondary N) is 1. The van der Waals surface area contributed by atoms with Gasteiger partial charge in [-0.05, 0) is 33.2 Å². The highest BCUT2D eigenvalue weighted by Gasteiger charge is 2.30. The van der Waals surface area contributed by atoms with Gasteiger partial charge >= 0.3 is 0 Å². The fourth-order valence-electron chi connectivity index (χ4n) is 3.14. The minimum Gasteiger partial charge on any atom is -0.339 e. The average Bonchev–Trinajstić information content (AvgIpc) is 3.13. The molecule has 1 N–H and O–H groups in total. The Kier molecular flexibility index (Phi) is 3.80. The predicted molar refractivity (Wildman–Crippen MR) is 78.8 cm³/mol. The van der Waals surface area contributed by atoms with E-state index in [2.05, 4.69) is 52.9 Å². The Labute approximate surface area is 124 Å². The van der Waals surface area contributed by atoms with Gasteiger partial charge in [0.2, 0.25) is 5.89 Å². The maximum Gasteiger partial charge on any atom is 0.229 e. The first-order valence-corrected chi connectivity index (χ1v) is 7.64. The van der Waals surface area contributed by atoms with Gasteiger partial charge in [-0.1, -0.05) is 19.0 Å². The van der Waals surface area contributed by atoms with Crippen molar-refractivity contribution in [3.63, 3.8) is 0 Å². The molecule has 0 aromatic carbocycles. The number of aryl methyl sites for hydroxylation is 2. The lowest BCUT2D eigenvalue weighted by Crippen LogP contribution is -2.24. The molecule has 1 saturated heterocycles. The first-order chi connectivity index (χ1) is 10.1. The van der Waals surface area contributed by atoms with Crippen molar-refractivity contribution in [3.8, 4) is 0 Å². The highest BCUT2D eigenvalue weighted by atomic mass is 16.5. The third kappa shape index (κ3) is 2.72. The molecule has 21 heavy (non-hydrogen) atoms. The Hall–Kier alpha value is -1.69. The Morgan fingerprint density at radius 2 is 2.19 bits per heavy atom. The van der Waals surface area contributed by atoms with Crippen LogP contribution in [0.1, 0.15) is 67.3 Å². The Morgan fingerprint density at radius 1 is 1.38 bits per heavy atom. The van der Waals surface area contributed by atoms with E-state index in [-0.39, 0.29) is 5.92 Å². The van der Waals surface area contributed by atoms with Crippen LogP contribution in [-0.2, 0) is 6.54 Å². The minimum absolute atomic E-state index is 0.277. The number of aromatic nitrogens is 4. The molecule has 0 bridgehead atoms. The van der Waals surface area contributed by atoms with Crippen LogP contribution in [0.5, 0.6) is 0 Å². The third-order valence-corrected chi connectivity index (χ3v) is 4.20. The first-order valence-electron chi connectivity index (χ1n) is 7.64. The molecule has 2 aromatic rings. The molecule has 1 aliphatic rings. The maximum absolute atomic E-state index is 5.30. The molecule has 0 radical (unpaired) electrons. The van der Waals surface area contributed by atoms with E-state index in [0.29, 0.717) is 6.04 Å². The van der Waals surface area contributed by atoms with Gasteiger partial charge < -0.3 is 4.52 Å². The molecule has 1 aliphatic heterocycles. The van der Waals surface area contributed by atoms with Gasteiger partial charge in [0.1, 0.15) is 0 Å². The summed E-state index contributed by atoms with van der Waals surface area (Å²) in [5, 5.41) is 11.5. The lowest BCUT2D eigenvalue weighted by Gasteiger charge is -2.23. The number of hydrogen-bond donors (Lipinski definition) is 1. The van der Waals surface area contributed by atoms with Crippen LogP contribution in [0.25, 0.3) is 0 Å². The van der Waals surface area contributed by atoms with Crippen LogP contribution in [0, 0.1) is 13.8 Å². The lowest BCUT2D eigenvalue weighted by atomic mass is 10.0. The zero-order chi connectivity index (χ0) is 15.0. The van der Waals surface area contributed by atoms with Crippen molar-refractivity contribution in [1.82, 2.24) is 25.2 Å². The highest BCUT2D eigenvalue weighted by molar-refractivity contribution is 5.28. The zero-order valence-corrected chi connectivity index (χ0v) is 13.2. The number of aromatic amines is 1. The normalized spacial score (nSPS) is 19.8. The summed E-state index contributed by atoms with van der Waals surface area (Å²) in [5.41, 5.74) is 3.60. The molecular weight excluding hydrogens is 266 g/mol. The van der Waals surface area contributed by atoms with Crippen LogP contribution in [0.2, 0.25) is 0 Å². The average molecular weight is 289 g/mol. The largest absolute Gasteiger partial charge is 0.339 e. The molecule has 0 spiro atoms. The third-order valence-electron chi connectivity index (χ3n) is 4.20. The number of hydrogen-bond acceptors (Lipinski definition) is 5. The molecule has 114 valence electrons. The van der Waals surface area contributed by atoms with Crippen molar-refractivity contribution < 1.29 is 4.52 Å². The summed E-state index contributed by atoms with van der Waals surface area (Å²) in [6, 6.07) is 0.407. The summed E-state index contributed by atoms with van der Waals surface area (Å²) in [6.07, 6.45) is 2.36. The summed E-state index contributed by atoms with van der Waals surface area (Å²) < 4.78 is 5.30. The highest BCUT2D eigenvalue weighted by Crippen LogP contribution is 2.35. The molecule has 3 heterocycles. The van der Waals surface area contributed by atoms with Gasteiger partial charge in [0.15, 0.2) is 5.82 Å². The van der Waals surface area contributed by atoms with Crippen molar-refractivity contribution >= 4 is 0 Å². The predicted octanol–water partition coefficient (Wildman–Crippen LogP) is 2.87. The fourth-order valence-corrected chi connectivity index (χ4v) is 3.14. The molecular formula is C15H23N5O. The molecule has 3 rings (SSSR count). The number of likely N-dealkylation sites (tertiary alicyclic amines) is 1. The van der Waals surface area contributed by atoms with Crippen LogP contribution in [0.3, 0.4) is 0 Å². The van der Waals surface area contributed by atoms with Crippen molar-refractivity contribution in [2.75, 3.05) is 6.54 Å². The van der Waals surface area contributed by atoms with E-state index in [1.54, 1.807) is 0 Å². The second-order valence-electron chi connectivity index (χ2n) is 6.18. The fraction of sp³-hybridized carbons (Fsp3) is 0.667. The van der Waals surface area contributed by atoms with Crippen molar-refractivity contribution in [1.29, 1.82) is 0 Å². The van der Waals surface area contributed by atoms with Gasteiger partial charge in [-0.2, -0.15) is 10.1 Å². The van der Waals surface area contributed by atoms with Gasteiger partial charge in [0.25, 0.3) is 0 Å². The molecule has 2 aromatic heterocycles. The summed E-state index contributed by atoms with van der Waals surface area (Å²) in [7, 11) is 0. The SMILES string of the molecule is Cc1n[nH]c(C)c1C1CCCN1Cc1noc(C(C)C)n1. The van der Waals surface area contributed by atoms with Crippen molar-refractivity contribution in [3.05, 3.63) is 28.7 Å². The molecule has 1 fully saturated rings. The Bertz CT molecular complexity index is 596. The van der Waals surface area contributed by atoms with E-state index in [1.807, 2.05) is 0 Å². The van der Waals surface area contributed by atoms with Gasteiger partial charge in [-0.25, -0.2) is 0 Å². The summed E-state index contributed by atoms with van der Waals surface area (Å²) in [4.78, 5) is 6.92. The van der Waals surface area contributed by atoms with Crippen molar-refractivity contribution in [2.45, 2.75) is 59.0 Å². The van der Waals surface area contributed by atoms with E-state index in [4.69, 9.17) is 4.52 Å². The summed E-state index contributed by atoms with van der Waals surface area (Å²) >= 11 is 0. The topological polar surface area (TPSA) is 70.8 Å². The second kappa shape index (κ2) is 5.60.